The molecule has 2 nitrogen and oxygen atoms in total. The molecule has 0 bridgehead atoms. The van der Waals surface area contributed by atoms with E-state index in [1.54, 1.807) is 0 Å². The molecule has 15 heavy (non-hydrogen) atoms. The molecule has 0 saturated carbocycles. The van der Waals surface area contributed by atoms with Crippen molar-refractivity contribution in [3.8, 4) is 0 Å². The van der Waals surface area contributed by atoms with E-state index < -0.39 is 0 Å². The zero-order valence-corrected chi connectivity index (χ0v) is 10.6. The summed E-state index contributed by atoms with van der Waals surface area (Å²) in [7, 11) is 0. The smallest absolute Gasteiger partial charge is 0.0700 e. The van der Waals surface area contributed by atoms with Crippen LogP contribution in [0.4, 0.5) is 0 Å². The molecule has 1 heterocycles. The lowest BCUT2D eigenvalue weighted by Crippen LogP contribution is -2.39. The van der Waals surface area contributed by atoms with Crippen LogP contribution in [0.25, 0.3) is 0 Å². The highest BCUT2D eigenvalue weighted by Gasteiger charge is 2.19. The number of ether oxygens (including phenoxy) is 1. The Morgan fingerprint density at radius 2 is 2.20 bits per heavy atom. The minimum atomic E-state index is 0.480. The molecule has 0 spiro atoms. The van der Waals surface area contributed by atoms with Crippen molar-refractivity contribution in [1.29, 1.82) is 0 Å². The second-order valence-electron chi connectivity index (χ2n) is 4.82. The summed E-state index contributed by atoms with van der Waals surface area (Å²) in [5, 5.41) is 3.67. The van der Waals surface area contributed by atoms with Gasteiger partial charge in [0.05, 0.1) is 6.10 Å². The van der Waals surface area contributed by atoms with Gasteiger partial charge in [-0.1, -0.05) is 27.2 Å². The van der Waals surface area contributed by atoms with Gasteiger partial charge in [-0.3, -0.25) is 0 Å². The van der Waals surface area contributed by atoms with Gasteiger partial charge in [-0.15, -0.1) is 0 Å². The van der Waals surface area contributed by atoms with Gasteiger partial charge < -0.3 is 10.1 Å². The first-order chi connectivity index (χ1) is 7.27. The van der Waals surface area contributed by atoms with E-state index in [9.17, 15) is 0 Å². The SMILES string of the molecule is CCCC(C)C(CC)NCC1CCCO1. The Kier molecular flexibility index (Phi) is 6.26. The molecule has 0 aromatic heterocycles. The maximum Gasteiger partial charge on any atom is 0.0700 e. The van der Waals surface area contributed by atoms with E-state index in [-0.39, 0.29) is 0 Å². The van der Waals surface area contributed by atoms with E-state index in [2.05, 4.69) is 26.1 Å². The molecule has 1 fully saturated rings. The van der Waals surface area contributed by atoms with Gasteiger partial charge in [-0.2, -0.15) is 0 Å². The molecular formula is C13H27NO. The number of rotatable bonds is 7. The normalized spacial score (nSPS) is 25.4. The number of nitrogens with one attached hydrogen (secondary N) is 1. The molecule has 0 aromatic carbocycles. The van der Waals surface area contributed by atoms with Gasteiger partial charge in [0.1, 0.15) is 0 Å². The zero-order chi connectivity index (χ0) is 11.1. The summed E-state index contributed by atoms with van der Waals surface area (Å²) in [6, 6.07) is 0.675. The lowest BCUT2D eigenvalue weighted by atomic mass is 9.95. The molecule has 1 saturated heterocycles. The first-order valence-electron chi connectivity index (χ1n) is 6.62. The first kappa shape index (κ1) is 13.0. The van der Waals surface area contributed by atoms with E-state index >= 15 is 0 Å². The fraction of sp³-hybridized carbons (Fsp3) is 1.00. The van der Waals surface area contributed by atoms with Crippen LogP contribution in [0.3, 0.4) is 0 Å². The summed E-state index contributed by atoms with van der Waals surface area (Å²) in [4.78, 5) is 0. The second kappa shape index (κ2) is 7.24. The van der Waals surface area contributed by atoms with Crippen molar-refractivity contribution in [1.82, 2.24) is 5.32 Å². The maximum absolute atomic E-state index is 5.63. The highest BCUT2D eigenvalue weighted by Crippen LogP contribution is 2.15. The molecule has 1 aliphatic heterocycles. The zero-order valence-electron chi connectivity index (χ0n) is 10.6. The third kappa shape index (κ3) is 4.52. The summed E-state index contributed by atoms with van der Waals surface area (Å²) in [5.41, 5.74) is 0. The van der Waals surface area contributed by atoms with Crippen molar-refractivity contribution in [2.45, 2.75) is 65.0 Å². The molecule has 1 N–H and O–H groups in total. The van der Waals surface area contributed by atoms with E-state index in [0.717, 1.165) is 19.1 Å². The van der Waals surface area contributed by atoms with Gasteiger partial charge in [0.15, 0.2) is 0 Å². The number of hydrogen-bond acceptors (Lipinski definition) is 2. The second-order valence-corrected chi connectivity index (χ2v) is 4.82. The molecule has 0 radical (unpaired) electrons. The van der Waals surface area contributed by atoms with Crippen LogP contribution in [-0.4, -0.2) is 25.3 Å². The Hall–Kier alpha value is -0.0800. The lowest BCUT2D eigenvalue weighted by Gasteiger charge is -2.25. The first-order valence-corrected chi connectivity index (χ1v) is 6.62. The van der Waals surface area contributed by atoms with E-state index in [1.165, 1.54) is 32.1 Å². The minimum absolute atomic E-state index is 0.480. The summed E-state index contributed by atoms with van der Waals surface area (Å²) >= 11 is 0. The van der Waals surface area contributed by atoms with Crippen LogP contribution in [0.5, 0.6) is 0 Å². The summed E-state index contributed by atoms with van der Waals surface area (Å²) in [6.45, 7) is 8.92. The maximum atomic E-state index is 5.63. The Bertz CT molecular complexity index is 155. The molecule has 1 rings (SSSR count). The van der Waals surface area contributed by atoms with Crippen molar-refractivity contribution in [3.63, 3.8) is 0 Å². The van der Waals surface area contributed by atoms with Crippen molar-refractivity contribution >= 4 is 0 Å². The summed E-state index contributed by atoms with van der Waals surface area (Å²) in [5.74, 6) is 0.793. The summed E-state index contributed by atoms with van der Waals surface area (Å²) in [6.07, 6.45) is 6.82. The van der Waals surface area contributed by atoms with Crippen LogP contribution in [-0.2, 0) is 4.74 Å². The molecule has 3 unspecified atom stereocenters. The predicted octanol–water partition coefficient (Wildman–Crippen LogP) is 2.97. The third-order valence-corrected chi connectivity index (χ3v) is 3.50. The third-order valence-electron chi connectivity index (χ3n) is 3.50. The molecule has 3 atom stereocenters. The Morgan fingerprint density at radius 1 is 1.40 bits per heavy atom. The van der Waals surface area contributed by atoms with Crippen molar-refractivity contribution < 1.29 is 4.74 Å². The standard InChI is InChI=1S/C13H27NO/c1-4-7-11(3)13(5-2)14-10-12-8-6-9-15-12/h11-14H,4-10H2,1-3H3. The monoisotopic (exact) mass is 213 g/mol. The topological polar surface area (TPSA) is 21.3 Å². The highest BCUT2D eigenvalue weighted by molar-refractivity contribution is 4.75. The Labute approximate surface area is 94.8 Å². The van der Waals surface area contributed by atoms with Crippen LogP contribution in [0.1, 0.15) is 52.9 Å². The Morgan fingerprint density at radius 3 is 2.73 bits per heavy atom. The van der Waals surface area contributed by atoms with Crippen LogP contribution < -0.4 is 5.32 Å². The number of hydrogen-bond donors (Lipinski definition) is 1. The molecule has 90 valence electrons. The van der Waals surface area contributed by atoms with Gasteiger partial charge >= 0.3 is 0 Å². The minimum Gasteiger partial charge on any atom is -0.377 e. The summed E-state index contributed by atoms with van der Waals surface area (Å²) < 4.78 is 5.63. The molecular weight excluding hydrogens is 186 g/mol. The lowest BCUT2D eigenvalue weighted by molar-refractivity contribution is 0.104. The fourth-order valence-corrected chi connectivity index (χ4v) is 2.49. The molecule has 0 aliphatic carbocycles. The van der Waals surface area contributed by atoms with Gasteiger partial charge in [0.2, 0.25) is 0 Å². The average molecular weight is 213 g/mol. The quantitative estimate of drug-likeness (QED) is 0.702. The van der Waals surface area contributed by atoms with Gasteiger partial charge in [0.25, 0.3) is 0 Å². The Balaban J connectivity index is 2.19. The van der Waals surface area contributed by atoms with E-state index in [1.807, 2.05) is 0 Å². The van der Waals surface area contributed by atoms with Gasteiger partial charge in [0, 0.05) is 19.2 Å². The highest BCUT2D eigenvalue weighted by atomic mass is 16.5. The van der Waals surface area contributed by atoms with Gasteiger partial charge in [-0.05, 0) is 31.6 Å². The average Bonchev–Trinajstić information content (AvgIpc) is 2.72. The molecule has 0 amide bonds. The largest absolute Gasteiger partial charge is 0.377 e. The van der Waals surface area contributed by atoms with Crippen LogP contribution in [0.2, 0.25) is 0 Å². The van der Waals surface area contributed by atoms with Gasteiger partial charge in [-0.25, -0.2) is 0 Å². The predicted molar refractivity (Wildman–Crippen MR) is 65.1 cm³/mol. The molecule has 2 heteroatoms. The van der Waals surface area contributed by atoms with E-state index in [0.29, 0.717) is 12.1 Å². The van der Waals surface area contributed by atoms with Crippen molar-refractivity contribution in [2.24, 2.45) is 5.92 Å². The van der Waals surface area contributed by atoms with Crippen molar-refractivity contribution in [2.75, 3.05) is 13.2 Å². The fourth-order valence-electron chi connectivity index (χ4n) is 2.49. The molecule has 1 aliphatic rings. The van der Waals surface area contributed by atoms with Crippen LogP contribution >= 0.6 is 0 Å². The van der Waals surface area contributed by atoms with Crippen molar-refractivity contribution in [3.05, 3.63) is 0 Å². The molecule has 0 aromatic rings. The van der Waals surface area contributed by atoms with Crippen LogP contribution in [0.15, 0.2) is 0 Å². The van der Waals surface area contributed by atoms with Crippen LogP contribution in [0, 0.1) is 5.92 Å². The van der Waals surface area contributed by atoms with E-state index in [4.69, 9.17) is 4.74 Å².